The number of rotatable bonds is 0. The van der Waals surface area contributed by atoms with Gasteiger partial charge in [-0.15, -0.1) is 0 Å². The quantitative estimate of drug-likeness (QED) is 0.188. The van der Waals surface area contributed by atoms with Crippen molar-refractivity contribution in [2.45, 2.75) is 0 Å². The molecule has 0 radical (unpaired) electrons. The maximum Gasteiger partial charge on any atom is 3.00 e. The van der Waals surface area contributed by atoms with E-state index in [-0.39, 0.29) is 36.9 Å². The van der Waals surface area contributed by atoms with Crippen LogP contribution in [0.2, 0.25) is 0 Å². The maximum absolute atomic E-state index is 4.95. The molecule has 0 amide bonds. The van der Waals surface area contributed by atoms with Crippen molar-refractivity contribution in [2.24, 2.45) is 0 Å². The van der Waals surface area contributed by atoms with Gasteiger partial charge in [-0.1, -0.05) is 97.1 Å². The average Bonchev–Trinajstić information content (AvgIpc) is 3.73. The van der Waals surface area contributed by atoms with E-state index >= 15 is 0 Å². The molecule has 4 aromatic carbocycles. The van der Waals surface area contributed by atoms with Crippen molar-refractivity contribution in [3.05, 3.63) is 97.1 Å². The molecule has 8 nitrogen and oxygen atoms in total. The Morgan fingerprint density at radius 2 is 0.561 bits per heavy atom. The first-order valence-electron chi connectivity index (χ1n) is 12.9. The zero-order valence-corrected chi connectivity index (χ0v) is 22.7. The summed E-state index contributed by atoms with van der Waals surface area (Å²) in [7, 11) is 0. The summed E-state index contributed by atoms with van der Waals surface area (Å²) in [5.74, 6) is 2.21. The second kappa shape index (κ2) is 9.26. The molecule has 8 bridgehead atoms. The minimum atomic E-state index is 0. The molecule has 2 aliphatic rings. The SMILES string of the molecule is [Lu+3].c1ccc2c(c1)-c1nc-2nc2[n-]c(nc3nc(nc4[n-]c(n1)c1ccccc41)-c1ccccc1-3)c1ccccc21. The summed E-state index contributed by atoms with van der Waals surface area (Å²) in [6, 6.07) is 31.8. The fourth-order valence-electron chi connectivity index (χ4n) is 5.46. The van der Waals surface area contributed by atoms with Crippen LogP contribution < -0.4 is 9.97 Å². The predicted molar refractivity (Wildman–Crippen MR) is 154 cm³/mol. The van der Waals surface area contributed by atoms with Crippen LogP contribution in [0.1, 0.15) is 0 Å². The summed E-state index contributed by atoms with van der Waals surface area (Å²) in [6.07, 6.45) is 0. The zero-order valence-electron chi connectivity index (χ0n) is 21.1. The molecule has 0 unspecified atom stereocenters. The van der Waals surface area contributed by atoms with Crippen LogP contribution >= 0.6 is 0 Å². The van der Waals surface area contributed by atoms with Crippen LogP contribution in [-0.4, -0.2) is 29.9 Å². The first-order valence-corrected chi connectivity index (χ1v) is 12.9. The number of benzene rings is 4. The molecule has 41 heavy (non-hydrogen) atoms. The molecule has 0 atom stereocenters. The second-order valence-electron chi connectivity index (χ2n) is 9.67. The number of nitrogens with zero attached hydrogens (tertiary/aromatic N) is 8. The van der Waals surface area contributed by atoms with Gasteiger partial charge in [0.25, 0.3) is 0 Å². The molecule has 0 saturated carbocycles. The van der Waals surface area contributed by atoms with E-state index in [2.05, 4.69) is 0 Å². The molecule has 0 aliphatic carbocycles. The van der Waals surface area contributed by atoms with Gasteiger partial charge in [0.05, 0.1) is 23.3 Å². The van der Waals surface area contributed by atoms with E-state index in [1.165, 1.54) is 0 Å². The summed E-state index contributed by atoms with van der Waals surface area (Å²) >= 11 is 0. The van der Waals surface area contributed by atoms with Crippen molar-refractivity contribution in [1.82, 2.24) is 39.9 Å². The monoisotopic (exact) mass is 687 g/mol. The summed E-state index contributed by atoms with van der Waals surface area (Å²) in [6.45, 7) is 0. The molecule has 7 aromatic rings. The Balaban J connectivity index is 0.00000256. The molecule has 9 heteroatoms. The van der Waals surface area contributed by atoms with Crippen molar-refractivity contribution in [3.8, 4) is 45.6 Å². The van der Waals surface area contributed by atoms with Gasteiger partial charge in [0.2, 0.25) is 0 Å². The normalized spacial score (nSPS) is 11.7. The van der Waals surface area contributed by atoms with Gasteiger partial charge in [0.1, 0.15) is 0 Å². The Bertz CT molecular complexity index is 2030. The minimum Gasteiger partial charge on any atom is -0.357 e. The Kier molecular flexibility index (Phi) is 5.48. The summed E-state index contributed by atoms with van der Waals surface area (Å²) < 4.78 is 0. The molecular formula is C32H16LuN8+. The molecule has 3 aromatic heterocycles. The van der Waals surface area contributed by atoms with E-state index < -0.39 is 0 Å². The van der Waals surface area contributed by atoms with Gasteiger partial charge in [-0.2, -0.15) is 0 Å². The number of hydrogen-bond acceptors (Lipinski definition) is 6. The zero-order chi connectivity index (χ0) is 26.2. The Morgan fingerprint density at radius 3 is 0.829 bits per heavy atom. The topological polar surface area (TPSA) is 106 Å². The summed E-state index contributed by atoms with van der Waals surface area (Å²) in [4.78, 5) is 39.3. The van der Waals surface area contributed by atoms with Crippen LogP contribution in [0, 0.1) is 36.9 Å². The largest absolute Gasteiger partial charge is 3.00 e. The van der Waals surface area contributed by atoms with Gasteiger partial charge in [-0.25, -0.2) is 9.97 Å². The van der Waals surface area contributed by atoms with Crippen molar-refractivity contribution < 1.29 is 36.9 Å². The molecule has 9 rings (SSSR count). The molecule has 0 N–H and O–H groups in total. The number of hydrogen-bond donors (Lipinski definition) is 0. The molecule has 2 aliphatic heterocycles. The molecule has 198 valence electrons. The van der Waals surface area contributed by atoms with Gasteiger partial charge in [-0.05, 0) is 21.5 Å². The molecular weight excluding hydrogens is 671 g/mol. The van der Waals surface area contributed by atoms with E-state index in [9.17, 15) is 0 Å². The standard InChI is InChI=1S/C32H16N8.Lu/c1-2-10-18-17(9-1)25-33-26(18)38-28-21-13-5-6-14-22(21)30(35-28)40-32-24-16-8-7-15-23(24)31(36-32)39-29-20-12-4-3-11-19(20)27(34-29)37-25;/h1-16H;/q-2;+3. The third-order valence-corrected chi connectivity index (χ3v) is 7.33. The van der Waals surface area contributed by atoms with Crippen LogP contribution in [0.4, 0.5) is 0 Å². The molecule has 0 spiro atoms. The van der Waals surface area contributed by atoms with E-state index in [1.54, 1.807) is 0 Å². The van der Waals surface area contributed by atoms with E-state index in [0.29, 0.717) is 45.9 Å². The van der Waals surface area contributed by atoms with E-state index in [0.717, 1.165) is 43.8 Å². The van der Waals surface area contributed by atoms with Crippen LogP contribution in [0.25, 0.3) is 89.7 Å². The molecule has 0 fully saturated rings. The fraction of sp³-hybridized carbons (Fsp3) is 0. The van der Waals surface area contributed by atoms with E-state index in [4.69, 9.17) is 39.9 Å². The molecule has 0 saturated heterocycles. The third kappa shape index (κ3) is 3.71. The smallest absolute Gasteiger partial charge is 0.357 e. The Morgan fingerprint density at radius 1 is 0.317 bits per heavy atom. The minimum absolute atomic E-state index is 0. The number of fused-ring (bicyclic) bond motifs is 20. The van der Waals surface area contributed by atoms with Crippen LogP contribution in [0.3, 0.4) is 0 Å². The van der Waals surface area contributed by atoms with Crippen LogP contribution in [0.15, 0.2) is 97.1 Å². The van der Waals surface area contributed by atoms with Crippen molar-refractivity contribution in [2.75, 3.05) is 0 Å². The van der Waals surface area contributed by atoms with Crippen molar-refractivity contribution in [1.29, 1.82) is 0 Å². The van der Waals surface area contributed by atoms with Gasteiger partial charge in [0, 0.05) is 44.8 Å². The van der Waals surface area contributed by atoms with E-state index in [1.807, 2.05) is 97.1 Å². The first kappa shape index (κ1) is 24.3. The maximum atomic E-state index is 4.95. The fourth-order valence-corrected chi connectivity index (χ4v) is 5.46. The average molecular weight is 688 g/mol. The van der Waals surface area contributed by atoms with Crippen LogP contribution in [-0.2, 0) is 0 Å². The van der Waals surface area contributed by atoms with Crippen molar-refractivity contribution >= 4 is 44.1 Å². The number of aromatic nitrogens is 8. The summed E-state index contributed by atoms with van der Waals surface area (Å²) in [5, 5.41) is 3.57. The predicted octanol–water partition coefficient (Wildman–Crippen LogP) is 6.13. The van der Waals surface area contributed by atoms with Gasteiger partial charge in [-0.3, -0.25) is 0 Å². The van der Waals surface area contributed by atoms with Gasteiger partial charge in [0.15, 0.2) is 0 Å². The molecule has 5 heterocycles. The third-order valence-electron chi connectivity index (χ3n) is 7.33. The van der Waals surface area contributed by atoms with Crippen molar-refractivity contribution in [3.63, 3.8) is 0 Å². The van der Waals surface area contributed by atoms with Crippen LogP contribution in [0.5, 0.6) is 0 Å². The first-order chi connectivity index (χ1) is 19.8. The Labute approximate surface area is 261 Å². The second-order valence-corrected chi connectivity index (χ2v) is 9.67. The Hall–Kier alpha value is -4.53. The van der Waals surface area contributed by atoms with Gasteiger partial charge < -0.3 is 29.9 Å². The summed E-state index contributed by atoms with van der Waals surface area (Å²) in [5.41, 5.74) is 5.78. The van der Waals surface area contributed by atoms with Gasteiger partial charge >= 0.3 is 36.9 Å².